The number of epoxide rings is 1. The summed E-state index contributed by atoms with van der Waals surface area (Å²) < 4.78 is 23.4. The maximum atomic E-state index is 13.9. The third-order valence-electron chi connectivity index (χ3n) is 9.46. The van der Waals surface area contributed by atoms with Gasteiger partial charge in [0, 0.05) is 39.2 Å². The van der Waals surface area contributed by atoms with Gasteiger partial charge in [0.2, 0.25) is 5.91 Å². The minimum absolute atomic E-state index is 0.00443. The standard InChI is InChI=1S/C35H48ClN3O9/c1-9-11-21(3)38(6)19-30(42)47-28-17-29(41)39(7)24-15-23(16-25(40)31(24)36)14-20(2)12-10-13-27(45-8)35(44)18-26(46-33(43)37-35)22(4)32-34(28,5)48-32/h10,12-13,15-16,22,26-28,32,40,44H,3,9,11,14,17-19H2,1-2,4-8H3,(H,37,43)/b13-10+,20-12+/t22-,26+,27-,28+,32+,34+,35+/m1/s1. The van der Waals surface area contributed by atoms with Gasteiger partial charge in [-0.05, 0) is 44.4 Å². The van der Waals surface area contributed by atoms with E-state index in [1.807, 2.05) is 26.8 Å². The number of methoxy groups -OCH3 is 1. The van der Waals surface area contributed by atoms with E-state index in [1.165, 1.54) is 18.1 Å². The zero-order chi connectivity index (χ0) is 35.6. The van der Waals surface area contributed by atoms with Crippen LogP contribution in [-0.2, 0) is 35.0 Å². The maximum absolute atomic E-state index is 13.9. The molecule has 4 rings (SSSR count). The first-order valence-electron chi connectivity index (χ1n) is 16.1. The number of carbonyl (C=O) groups excluding carboxylic acids is 3. The lowest BCUT2D eigenvalue weighted by Crippen LogP contribution is -2.63. The largest absolute Gasteiger partial charge is 0.506 e. The van der Waals surface area contributed by atoms with Crippen LogP contribution in [0.2, 0.25) is 5.02 Å². The van der Waals surface area contributed by atoms with Gasteiger partial charge >= 0.3 is 12.1 Å². The molecule has 3 N–H and O–H groups in total. The predicted octanol–water partition coefficient (Wildman–Crippen LogP) is 4.61. The Hall–Kier alpha value is -3.58. The highest BCUT2D eigenvalue weighted by molar-refractivity contribution is 6.35. The average Bonchev–Trinajstić information content (AvgIpc) is 3.71. The molecule has 7 atom stereocenters. The number of likely N-dealkylation sites (N-methyl/N-ethyl adjacent to an activating group) is 1. The number of rotatable bonds is 7. The van der Waals surface area contributed by atoms with Gasteiger partial charge < -0.3 is 39.0 Å². The lowest BCUT2D eigenvalue weighted by Gasteiger charge is -2.42. The van der Waals surface area contributed by atoms with Crippen molar-refractivity contribution in [1.29, 1.82) is 0 Å². The molecule has 264 valence electrons. The van der Waals surface area contributed by atoms with Gasteiger partial charge in [-0.25, -0.2) is 4.79 Å². The minimum Gasteiger partial charge on any atom is -0.506 e. The number of anilines is 1. The molecular formula is C35H48ClN3O9. The number of phenols is 1. The number of nitrogens with zero attached hydrogens (tertiary/aromatic N) is 2. The van der Waals surface area contributed by atoms with E-state index in [-0.39, 0.29) is 30.2 Å². The molecule has 1 aromatic rings. The van der Waals surface area contributed by atoms with Crippen molar-refractivity contribution >= 4 is 35.3 Å². The summed E-state index contributed by atoms with van der Waals surface area (Å²) in [5.74, 6) is -1.68. The van der Waals surface area contributed by atoms with E-state index >= 15 is 0 Å². The van der Waals surface area contributed by atoms with Crippen LogP contribution < -0.4 is 10.2 Å². The average molecular weight is 690 g/mol. The maximum Gasteiger partial charge on any atom is 0.409 e. The fourth-order valence-electron chi connectivity index (χ4n) is 6.45. The number of amides is 2. The van der Waals surface area contributed by atoms with Gasteiger partial charge in [-0.2, -0.15) is 0 Å². The molecule has 3 aliphatic heterocycles. The first kappa shape index (κ1) is 37.2. The molecule has 3 heterocycles. The SMILES string of the molecule is C=C(CCC)N(C)CC(=O)O[C@H]1CC(=O)N(C)c2cc(cc(O)c2Cl)C/C(C)=C/C=C/[C@@H](OC)[C@@]2(O)C[C@H](OC(=O)N2)[C@@H](C)[C@@H]2O[C@@]12C. The van der Waals surface area contributed by atoms with Gasteiger partial charge in [0.25, 0.3) is 0 Å². The molecule has 1 aromatic carbocycles. The van der Waals surface area contributed by atoms with Crippen LogP contribution in [0.3, 0.4) is 0 Å². The second-order valence-corrected chi connectivity index (χ2v) is 13.6. The number of halogens is 1. The molecule has 0 spiro atoms. The van der Waals surface area contributed by atoms with Crippen LogP contribution in [0.15, 0.2) is 48.2 Å². The minimum atomic E-state index is -1.80. The van der Waals surface area contributed by atoms with Crippen LogP contribution in [0.5, 0.6) is 5.75 Å². The molecule has 3 aliphatic rings. The van der Waals surface area contributed by atoms with Crippen LogP contribution >= 0.6 is 11.6 Å². The number of ether oxygens (including phenoxy) is 4. The zero-order valence-electron chi connectivity index (χ0n) is 28.7. The molecule has 2 saturated heterocycles. The number of alkyl carbamates (subject to hydrolysis) is 1. The summed E-state index contributed by atoms with van der Waals surface area (Å²) in [7, 11) is 4.72. The van der Waals surface area contributed by atoms with Gasteiger partial charge in [-0.3, -0.25) is 14.9 Å². The number of allylic oxidation sites excluding steroid dienone is 4. The molecule has 0 aliphatic carbocycles. The van der Waals surface area contributed by atoms with Crippen LogP contribution in [-0.4, -0.2) is 96.6 Å². The Morgan fingerprint density at radius 1 is 1.31 bits per heavy atom. The molecule has 0 saturated carbocycles. The third kappa shape index (κ3) is 8.16. The quantitative estimate of drug-likeness (QED) is 0.274. The summed E-state index contributed by atoms with van der Waals surface area (Å²) in [6.45, 7) is 11.4. The Balaban J connectivity index is 1.74. The highest BCUT2D eigenvalue weighted by Gasteiger charge is 2.64. The predicted molar refractivity (Wildman–Crippen MR) is 181 cm³/mol. The van der Waals surface area contributed by atoms with E-state index in [0.29, 0.717) is 24.1 Å². The van der Waals surface area contributed by atoms with Crippen LogP contribution in [0, 0.1) is 5.92 Å². The van der Waals surface area contributed by atoms with E-state index in [4.69, 9.17) is 30.5 Å². The highest BCUT2D eigenvalue weighted by atomic mass is 35.5. The van der Waals surface area contributed by atoms with Gasteiger partial charge in [0.15, 0.2) is 5.72 Å². The van der Waals surface area contributed by atoms with E-state index in [0.717, 1.165) is 17.7 Å². The van der Waals surface area contributed by atoms with E-state index in [9.17, 15) is 24.6 Å². The number of hydrogen-bond donors (Lipinski definition) is 3. The van der Waals surface area contributed by atoms with Crippen molar-refractivity contribution in [3.8, 4) is 5.75 Å². The molecule has 13 heteroatoms. The van der Waals surface area contributed by atoms with Crippen molar-refractivity contribution in [1.82, 2.24) is 10.2 Å². The van der Waals surface area contributed by atoms with Gasteiger partial charge in [0.1, 0.15) is 41.2 Å². The number of hydrogen-bond acceptors (Lipinski definition) is 10. The van der Waals surface area contributed by atoms with Gasteiger partial charge in [0.05, 0.1) is 18.2 Å². The van der Waals surface area contributed by atoms with Crippen molar-refractivity contribution in [3.05, 3.63) is 58.8 Å². The molecule has 0 unspecified atom stereocenters. The number of phenolic OH excluding ortho intramolecular Hbond substituents is 1. The number of nitrogens with one attached hydrogen (secondary N) is 1. The Kier molecular flexibility index (Phi) is 11.6. The van der Waals surface area contributed by atoms with Gasteiger partial charge in [-0.1, -0.05) is 62.2 Å². The fraction of sp³-hybridized carbons (Fsp3) is 0.571. The van der Waals surface area contributed by atoms with E-state index in [2.05, 4.69) is 11.9 Å². The van der Waals surface area contributed by atoms with Crippen molar-refractivity contribution in [2.75, 3.05) is 32.6 Å². The zero-order valence-corrected chi connectivity index (χ0v) is 29.5. The Morgan fingerprint density at radius 3 is 2.69 bits per heavy atom. The molecule has 2 fully saturated rings. The smallest absolute Gasteiger partial charge is 0.409 e. The Labute approximate surface area is 287 Å². The monoisotopic (exact) mass is 689 g/mol. The Morgan fingerprint density at radius 2 is 2.02 bits per heavy atom. The van der Waals surface area contributed by atoms with Crippen molar-refractivity contribution in [2.45, 2.75) is 95.5 Å². The molecule has 0 radical (unpaired) electrons. The van der Waals surface area contributed by atoms with Crippen molar-refractivity contribution in [3.63, 3.8) is 0 Å². The summed E-state index contributed by atoms with van der Waals surface area (Å²) in [6.07, 6.45) is 2.65. The number of fused-ring (bicyclic) bond motifs is 5. The summed E-state index contributed by atoms with van der Waals surface area (Å²) in [5.41, 5.74) is -0.300. The number of aliphatic hydroxyl groups is 1. The topological polar surface area (TPSA) is 150 Å². The lowest BCUT2D eigenvalue weighted by atomic mass is 9.83. The number of benzene rings is 1. The second kappa shape index (κ2) is 14.9. The van der Waals surface area contributed by atoms with Crippen LogP contribution in [0.25, 0.3) is 0 Å². The Bertz CT molecular complexity index is 1480. The lowest BCUT2D eigenvalue weighted by molar-refractivity contribution is -0.154. The number of aromatic hydroxyl groups is 1. The molecule has 2 amide bonds. The number of esters is 1. The van der Waals surface area contributed by atoms with Crippen LogP contribution in [0.4, 0.5) is 10.5 Å². The summed E-state index contributed by atoms with van der Waals surface area (Å²) in [6, 6.07) is 3.26. The summed E-state index contributed by atoms with van der Waals surface area (Å²) in [5, 5.41) is 24.8. The normalized spacial score (nSPS) is 32.6. The summed E-state index contributed by atoms with van der Waals surface area (Å²) >= 11 is 6.50. The molecule has 12 nitrogen and oxygen atoms in total. The van der Waals surface area contributed by atoms with Crippen LogP contribution in [0.1, 0.15) is 58.9 Å². The first-order valence-corrected chi connectivity index (χ1v) is 16.5. The second-order valence-electron chi connectivity index (χ2n) is 13.3. The third-order valence-corrected chi connectivity index (χ3v) is 9.85. The molecule has 0 aromatic heterocycles. The van der Waals surface area contributed by atoms with E-state index < -0.39 is 59.6 Å². The molecular weight excluding hydrogens is 642 g/mol. The van der Waals surface area contributed by atoms with Crippen molar-refractivity contribution in [2.24, 2.45) is 5.92 Å². The summed E-state index contributed by atoms with van der Waals surface area (Å²) in [4.78, 5) is 43.0. The van der Waals surface area contributed by atoms with E-state index in [1.54, 1.807) is 44.1 Å². The highest BCUT2D eigenvalue weighted by Crippen LogP contribution is 2.49. The van der Waals surface area contributed by atoms with Crippen molar-refractivity contribution < 1.29 is 43.5 Å². The first-order chi connectivity index (χ1) is 22.5. The fourth-order valence-corrected chi connectivity index (χ4v) is 6.69. The molecule has 48 heavy (non-hydrogen) atoms. The van der Waals surface area contributed by atoms with Gasteiger partial charge in [-0.15, -0.1) is 0 Å². The number of carbonyl (C=O) groups is 3. The molecule has 4 bridgehead atoms.